The molecule has 1 aliphatic rings. The molecule has 1 aromatic carbocycles. The number of nitrogens with zero attached hydrogens (tertiary/aromatic N) is 1. The highest BCUT2D eigenvalue weighted by Gasteiger charge is 2.21. The number of carbonyl (C=O) groups is 2. The highest BCUT2D eigenvalue weighted by molar-refractivity contribution is 9.10. The van der Waals surface area contributed by atoms with Gasteiger partial charge < -0.3 is 15.3 Å². The van der Waals surface area contributed by atoms with Crippen molar-refractivity contribution in [3.05, 3.63) is 28.2 Å². The zero-order valence-electron chi connectivity index (χ0n) is 11.2. The number of hydrogen-bond donors (Lipinski definition) is 2. The summed E-state index contributed by atoms with van der Waals surface area (Å²) in [5, 5.41) is 11.9. The summed E-state index contributed by atoms with van der Waals surface area (Å²) in [6, 6.07) is 4.55. The van der Waals surface area contributed by atoms with Crippen LogP contribution in [0.3, 0.4) is 0 Å². The third-order valence-corrected chi connectivity index (χ3v) is 4.02. The number of amides is 2. The molecule has 0 unspecified atom stereocenters. The van der Waals surface area contributed by atoms with Crippen molar-refractivity contribution in [3.63, 3.8) is 0 Å². The van der Waals surface area contributed by atoms with Crippen LogP contribution in [-0.2, 0) is 0 Å². The highest BCUT2D eigenvalue weighted by Crippen LogP contribution is 2.22. The van der Waals surface area contributed by atoms with E-state index < -0.39 is 5.97 Å². The van der Waals surface area contributed by atoms with Gasteiger partial charge in [0.15, 0.2) is 0 Å². The number of carboxylic acid groups (broad SMARTS) is 1. The molecule has 2 N–H and O–H groups in total. The molecule has 2 amide bonds. The molecule has 20 heavy (non-hydrogen) atoms. The zero-order valence-corrected chi connectivity index (χ0v) is 12.8. The predicted molar refractivity (Wildman–Crippen MR) is 80.1 cm³/mol. The SMILES string of the molecule is CC1CCN(C(=O)Nc2ccc(Br)cc2C(=O)O)CC1. The van der Waals surface area contributed by atoms with Crippen molar-refractivity contribution in [2.45, 2.75) is 19.8 Å². The Morgan fingerprint density at radius 1 is 1.35 bits per heavy atom. The van der Waals surface area contributed by atoms with E-state index in [1.165, 1.54) is 6.07 Å². The van der Waals surface area contributed by atoms with Gasteiger partial charge in [0.25, 0.3) is 0 Å². The molecule has 0 aromatic heterocycles. The number of likely N-dealkylation sites (tertiary alicyclic amines) is 1. The van der Waals surface area contributed by atoms with Gasteiger partial charge in [-0.1, -0.05) is 22.9 Å². The van der Waals surface area contributed by atoms with Gasteiger partial charge in [0.05, 0.1) is 11.3 Å². The van der Waals surface area contributed by atoms with Crippen molar-refractivity contribution >= 4 is 33.6 Å². The molecule has 2 rings (SSSR count). The largest absolute Gasteiger partial charge is 0.478 e. The molecular weight excluding hydrogens is 324 g/mol. The monoisotopic (exact) mass is 340 g/mol. The Balaban J connectivity index is 2.10. The summed E-state index contributed by atoms with van der Waals surface area (Å²) in [5.41, 5.74) is 0.405. The van der Waals surface area contributed by atoms with Crippen molar-refractivity contribution < 1.29 is 14.7 Å². The van der Waals surface area contributed by atoms with E-state index in [-0.39, 0.29) is 11.6 Å². The quantitative estimate of drug-likeness (QED) is 0.866. The maximum Gasteiger partial charge on any atom is 0.337 e. The Labute approximate surface area is 126 Å². The number of carboxylic acids is 1. The van der Waals surface area contributed by atoms with E-state index in [4.69, 9.17) is 5.11 Å². The van der Waals surface area contributed by atoms with Crippen LogP contribution in [-0.4, -0.2) is 35.1 Å². The van der Waals surface area contributed by atoms with Gasteiger partial charge in [-0.15, -0.1) is 0 Å². The summed E-state index contributed by atoms with van der Waals surface area (Å²) in [7, 11) is 0. The molecule has 1 saturated heterocycles. The number of hydrogen-bond acceptors (Lipinski definition) is 2. The van der Waals surface area contributed by atoms with Gasteiger partial charge in [0.2, 0.25) is 0 Å². The molecule has 0 spiro atoms. The van der Waals surface area contributed by atoms with Crippen molar-refractivity contribution in [2.75, 3.05) is 18.4 Å². The first-order chi connectivity index (χ1) is 9.47. The fraction of sp³-hybridized carbons (Fsp3) is 0.429. The van der Waals surface area contributed by atoms with Crippen LogP contribution in [0.2, 0.25) is 0 Å². The second-order valence-electron chi connectivity index (χ2n) is 5.09. The molecule has 108 valence electrons. The summed E-state index contributed by atoms with van der Waals surface area (Å²) in [4.78, 5) is 25.1. The lowest BCUT2D eigenvalue weighted by molar-refractivity contribution is 0.0698. The second kappa shape index (κ2) is 6.26. The average Bonchev–Trinajstić information content (AvgIpc) is 2.41. The van der Waals surface area contributed by atoms with Gasteiger partial charge in [-0.3, -0.25) is 0 Å². The standard InChI is InChI=1S/C14H17BrN2O3/c1-9-4-6-17(7-5-9)14(20)16-12-3-2-10(15)8-11(12)13(18)19/h2-3,8-9H,4-7H2,1H3,(H,16,20)(H,18,19). The summed E-state index contributed by atoms with van der Waals surface area (Å²) >= 11 is 3.23. The Kier molecular flexibility index (Phi) is 4.65. The van der Waals surface area contributed by atoms with Gasteiger partial charge >= 0.3 is 12.0 Å². The van der Waals surface area contributed by atoms with E-state index in [0.29, 0.717) is 29.2 Å². The Bertz CT molecular complexity index is 525. The summed E-state index contributed by atoms with van der Waals surface area (Å²) in [6.07, 6.45) is 1.97. The van der Waals surface area contributed by atoms with Crippen LogP contribution < -0.4 is 5.32 Å². The Hall–Kier alpha value is -1.56. The van der Waals surface area contributed by atoms with E-state index in [1.54, 1.807) is 17.0 Å². The molecule has 6 heteroatoms. The van der Waals surface area contributed by atoms with Crippen molar-refractivity contribution in [1.29, 1.82) is 0 Å². The van der Waals surface area contributed by atoms with Crippen molar-refractivity contribution in [2.24, 2.45) is 5.92 Å². The number of nitrogens with one attached hydrogen (secondary N) is 1. The third kappa shape index (κ3) is 3.50. The van der Waals surface area contributed by atoms with Crippen LogP contribution in [0, 0.1) is 5.92 Å². The predicted octanol–water partition coefficient (Wildman–Crippen LogP) is 3.41. The lowest BCUT2D eigenvalue weighted by atomic mass is 10.00. The van der Waals surface area contributed by atoms with Crippen molar-refractivity contribution in [3.8, 4) is 0 Å². The smallest absolute Gasteiger partial charge is 0.337 e. The number of anilines is 1. The van der Waals surface area contributed by atoms with E-state index in [2.05, 4.69) is 28.2 Å². The minimum Gasteiger partial charge on any atom is -0.478 e. The van der Waals surface area contributed by atoms with Gasteiger partial charge in [-0.2, -0.15) is 0 Å². The summed E-state index contributed by atoms with van der Waals surface area (Å²) in [5.74, 6) is -0.421. The number of benzene rings is 1. The third-order valence-electron chi connectivity index (χ3n) is 3.52. The number of rotatable bonds is 2. The fourth-order valence-corrected chi connectivity index (χ4v) is 2.57. The number of piperidine rings is 1. The fourth-order valence-electron chi connectivity index (χ4n) is 2.21. The molecule has 1 aromatic rings. The number of urea groups is 1. The lowest BCUT2D eigenvalue weighted by Gasteiger charge is -2.30. The summed E-state index contributed by atoms with van der Waals surface area (Å²) in [6.45, 7) is 3.60. The van der Waals surface area contributed by atoms with Crippen LogP contribution in [0.15, 0.2) is 22.7 Å². The highest BCUT2D eigenvalue weighted by atomic mass is 79.9. The molecular formula is C14H17BrN2O3. The normalized spacial score (nSPS) is 16.0. The number of aromatic carboxylic acids is 1. The van der Waals surface area contributed by atoms with E-state index >= 15 is 0 Å². The van der Waals surface area contributed by atoms with E-state index in [0.717, 1.165) is 12.8 Å². The molecule has 0 radical (unpaired) electrons. The molecule has 5 nitrogen and oxygen atoms in total. The van der Waals surface area contributed by atoms with E-state index in [9.17, 15) is 9.59 Å². The van der Waals surface area contributed by atoms with Gasteiger partial charge in [-0.05, 0) is 37.0 Å². The van der Waals surface area contributed by atoms with Crippen LogP contribution in [0.5, 0.6) is 0 Å². The average molecular weight is 341 g/mol. The molecule has 1 aliphatic heterocycles. The maximum atomic E-state index is 12.1. The topological polar surface area (TPSA) is 69.6 Å². The second-order valence-corrected chi connectivity index (χ2v) is 6.01. The summed E-state index contributed by atoms with van der Waals surface area (Å²) < 4.78 is 0.666. The minimum absolute atomic E-state index is 0.0816. The zero-order chi connectivity index (χ0) is 14.7. The maximum absolute atomic E-state index is 12.1. The first-order valence-corrected chi connectivity index (χ1v) is 7.35. The van der Waals surface area contributed by atoms with Crippen LogP contribution >= 0.6 is 15.9 Å². The van der Waals surface area contributed by atoms with Gasteiger partial charge in [0, 0.05) is 17.6 Å². The van der Waals surface area contributed by atoms with Crippen LogP contribution in [0.1, 0.15) is 30.1 Å². The molecule has 1 heterocycles. The first-order valence-electron chi connectivity index (χ1n) is 6.56. The van der Waals surface area contributed by atoms with Gasteiger partial charge in [0.1, 0.15) is 0 Å². The lowest BCUT2D eigenvalue weighted by Crippen LogP contribution is -2.40. The van der Waals surface area contributed by atoms with Crippen LogP contribution in [0.4, 0.5) is 10.5 Å². The van der Waals surface area contributed by atoms with Gasteiger partial charge in [-0.25, -0.2) is 9.59 Å². The number of halogens is 1. The molecule has 0 aliphatic carbocycles. The Morgan fingerprint density at radius 2 is 2.00 bits per heavy atom. The first kappa shape index (κ1) is 14.8. The molecule has 0 saturated carbocycles. The number of carbonyl (C=O) groups excluding carboxylic acids is 1. The Morgan fingerprint density at radius 3 is 2.60 bits per heavy atom. The van der Waals surface area contributed by atoms with E-state index in [1.807, 2.05) is 0 Å². The van der Waals surface area contributed by atoms with Crippen LogP contribution in [0.25, 0.3) is 0 Å². The molecule has 1 fully saturated rings. The van der Waals surface area contributed by atoms with Crippen molar-refractivity contribution in [1.82, 2.24) is 4.90 Å². The molecule has 0 bridgehead atoms. The minimum atomic E-state index is -1.06. The molecule has 0 atom stereocenters.